The van der Waals surface area contributed by atoms with Gasteiger partial charge in [-0.25, -0.2) is 4.79 Å². The molecular formula is C14H17NO4. The van der Waals surface area contributed by atoms with Crippen LogP contribution in [-0.2, 0) is 9.53 Å². The van der Waals surface area contributed by atoms with Gasteiger partial charge in [0.2, 0.25) is 0 Å². The van der Waals surface area contributed by atoms with Gasteiger partial charge in [-0.2, -0.15) is 0 Å². The summed E-state index contributed by atoms with van der Waals surface area (Å²) in [5.41, 5.74) is 0.429. The van der Waals surface area contributed by atoms with Crippen molar-refractivity contribution in [3.05, 3.63) is 42.5 Å². The molecule has 0 aliphatic heterocycles. The van der Waals surface area contributed by atoms with Crippen molar-refractivity contribution in [3.8, 4) is 5.75 Å². The van der Waals surface area contributed by atoms with Gasteiger partial charge in [0, 0.05) is 6.54 Å². The predicted molar refractivity (Wildman–Crippen MR) is 71.1 cm³/mol. The first-order chi connectivity index (χ1) is 9.08. The van der Waals surface area contributed by atoms with Gasteiger partial charge in [-0.1, -0.05) is 6.08 Å². The Hall–Kier alpha value is -2.30. The highest BCUT2D eigenvalue weighted by Crippen LogP contribution is 2.14. The minimum absolute atomic E-state index is 0.225. The zero-order valence-corrected chi connectivity index (χ0v) is 11.0. The SMILES string of the molecule is C=CCNC(=O)C(C)Oc1ccc(C(=O)OC)cc1. The Balaban J connectivity index is 2.59. The van der Waals surface area contributed by atoms with E-state index >= 15 is 0 Å². The normalized spacial score (nSPS) is 11.3. The Morgan fingerprint density at radius 1 is 1.37 bits per heavy atom. The second-order valence-corrected chi connectivity index (χ2v) is 3.81. The van der Waals surface area contributed by atoms with Crippen LogP contribution in [0.4, 0.5) is 0 Å². The van der Waals surface area contributed by atoms with Crippen molar-refractivity contribution in [1.29, 1.82) is 0 Å². The Kier molecular flexibility index (Phi) is 5.60. The average Bonchev–Trinajstić information content (AvgIpc) is 2.44. The van der Waals surface area contributed by atoms with Gasteiger partial charge in [-0.05, 0) is 31.2 Å². The number of carbonyl (C=O) groups is 2. The van der Waals surface area contributed by atoms with Gasteiger partial charge in [0.25, 0.3) is 5.91 Å². The molecule has 0 aliphatic carbocycles. The number of rotatable bonds is 6. The van der Waals surface area contributed by atoms with Crippen molar-refractivity contribution in [2.45, 2.75) is 13.0 Å². The van der Waals surface area contributed by atoms with E-state index in [9.17, 15) is 9.59 Å². The Labute approximate surface area is 112 Å². The second-order valence-electron chi connectivity index (χ2n) is 3.81. The quantitative estimate of drug-likeness (QED) is 0.624. The molecule has 0 saturated carbocycles. The molecule has 19 heavy (non-hydrogen) atoms. The molecule has 5 heteroatoms. The zero-order chi connectivity index (χ0) is 14.3. The number of esters is 1. The number of hydrogen-bond acceptors (Lipinski definition) is 4. The number of amides is 1. The second kappa shape index (κ2) is 7.20. The molecule has 0 radical (unpaired) electrons. The summed E-state index contributed by atoms with van der Waals surface area (Å²) in [6.07, 6.45) is 0.972. The van der Waals surface area contributed by atoms with E-state index in [0.717, 1.165) is 0 Å². The lowest BCUT2D eigenvalue weighted by atomic mass is 10.2. The summed E-state index contributed by atoms with van der Waals surface area (Å²) in [6.45, 7) is 5.55. The molecule has 0 spiro atoms. The third-order valence-electron chi connectivity index (χ3n) is 2.38. The van der Waals surface area contributed by atoms with Crippen molar-refractivity contribution in [2.24, 2.45) is 0 Å². The van der Waals surface area contributed by atoms with Crippen LogP contribution in [0, 0.1) is 0 Å². The number of hydrogen-bond donors (Lipinski definition) is 1. The maximum atomic E-state index is 11.6. The molecule has 0 aliphatic rings. The molecule has 1 amide bonds. The van der Waals surface area contributed by atoms with Crippen molar-refractivity contribution in [3.63, 3.8) is 0 Å². The molecule has 1 aromatic carbocycles. The topological polar surface area (TPSA) is 64.6 Å². The van der Waals surface area contributed by atoms with Crippen LogP contribution in [-0.4, -0.2) is 31.6 Å². The highest BCUT2D eigenvalue weighted by Gasteiger charge is 2.13. The van der Waals surface area contributed by atoms with Gasteiger partial charge in [0.15, 0.2) is 6.10 Å². The highest BCUT2D eigenvalue weighted by atomic mass is 16.5. The highest BCUT2D eigenvalue weighted by molar-refractivity contribution is 5.89. The van der Waals surface area contributed by atoms with Crippen LogP contribution in [0.2, 0.25) is 0 Å². The van der Waals surface area contributed by atoms with E-state index in [-0.39, 0.29) is 5.91 Å². The number of methoxy groups -OCH3 is 1. The summed E-state index contributed by atoms with van der Waals surface area (Å²) in [6, 6.07) is 6.39. The fourth-order valence-electron chi connectivity index (χ4n) is 1.36. The molecule has 0 bridgehead atoms. The monoisotopic (exact) mass is 263 g/mol. The van der Waals surface area contributed by atoms with E-state index in [1.54, 1.807) is 37.3 Å². The van der Waals surface area contributed by atoms with E-state index in [0.29, 0.717) is 17.9 Å². The minimum Gasteiger partial charge on any atom is -0.481 e. The summed E-state index contributed by atoms with van der Waals surface area (Å²) in [5, 5.41) is 2.63. The van der Waals surface area contributed by atoms with Crippen molar-refractivity contribution >= 4 is 11.9 Å². The third kappa shape index (κ3) is 4.46. The molecule has 1 atom stereocenters. The Bertz CT molecular complexity index is 453. The molecule has 1 aromatic rings. The first-order valence-corrected chi connectivity index (χ1v) is 5.82. The summed E-state index contributed by atoms with van der Waals surface area (Å²) in [7, 11) is 1.32. The van der Waals surface area contributed by atoms with Crippen LogP contribution in [0.25, 0.3) is 0 Å². The molecule has 5 nitrogen and oxygen atoms in total. The first-order valence-electron chi connectivity index (χ1n) is 5.82. The van der Waals surface area contributed by atoms with E-state index in [1.165, 1.54) is 7.11 Å². The first kappa shape index (κ1) is 14.8. The van der Waals surface area contributed by atoms with Gasteiger partial charge >= 0.3 is 5.97 Å². The summed E-state index contributed by atoms with van der Waals surface area (Å²) >= 11 is 0. The largest absolute Gasteiger partial charge is 0.481 e. The van der Waals surface area contributed by atoms with E-state index in [2.05, 4.69) is 16.6 Å². The summed E-state index contributed by atoms with van der Waals surface area (Å²) in [5.74, 6) is -0.130. The Morgan fingerprint density at radius 3 is 2.53 bits per heavy atom. The molecule has 1 rings (SSSR count). The van der Waals surface area contributed by atoms with Crippen LogP contribution in [0.15, 0.2) is 36.9 Å². The van der Waals surface area contributed by atoms with Gasteiger partial charge in [-0.15, -0.1) is 6.58 Å². The maximum Gasteiger partial charge on any atom is 0.337 e. The van der Waals surface area contributed by atoms with Gasteiger partial charge in [0.1, 0.15) is 5.75 Å². The standard InChI is InChI=1S/C14H17NO4/c1-4-9-15-13(16)10(2)19-12-7-5-11(6-8-12)14(17)18-3/h4-8,10H,1,9H2,2-3H3,(H,15,16). The smallest absolute Gasteiger partial charge is 0.337 e. The zero-order valence-electron chi connectivity index (χ0n) is 11.0. The summed E-state index contributed by atoms with van der Waals surface area (Å²) < 4.78 is 10.0. The van der Waals surface area contributed by atoms with Crippen molar-refractivity contribution in [1.82, 2.24) is 5.32 Å². The molecule has 1 unspecified atom stereocenters. The molecule has 102 valence electrons. The van der Waals surface area contributed by atoms with E-state index < -0.39 is 12.1 Å². The van der Waals surface area contributed by atoms with Crippen LogP contribution in [0.1, 0.15) is 17.3 Å². The van der Waals surface area contributed by atoms with Gasteiger partial charge in [-0.3, -0.25) is 4.79 Å². The predicted octanol–water partition coefficient (Wildman–Crippen LogP) is 1.54. The van der Waals surface area contributed by atoms with Crippen molar-refractivity contribution < 1.29 is 19.1 Å². The molecular weight excluding hydrogens is 246 g/mol. The van der Waals surface area contributed by atoms with Crippen molar-refractivity contribution in [2.75, 3.05) is 13.7 Å². The van der Waals surface area contributed by atoms with Crippen LogP contribution in [0.3, 0.4) is 0 Å². The molecule has 1 N–H and O–H groups in total. The molecule has 0 aromatic heterocycles. The van der Waals surface area contributed by atoms with Crippen LogP contribution in [0.5, 0.6) is 5.75 Å². The Morgan fingerprint density at radius 2 is 2.00 bits per heavy atom. The lowest BCUT2D eigenvalue weighted by Crippen LogP contribution is -2.36. The average molecular weight is 263 g/mol. The summed E-state index contributed by atoms with van der Waals surface area (Å²) in [4.78, 5) is 22.8. The maximum absolute atomic E-state index is 11.6. The van der Waals surface area contributed by atoms with Gasteiger partial charge in [0.05, 0.1) is 12.7 Å². The lowest BCUT2D eigenvalue weighted by Gasteiger charge is -2.14. The van der Waals surface area contributed by atoms with Gasteiger partial charge < -0.3 is 14.8 Å². The van der Waals surface area contributed by atoms with E-state index in [1.807, 2.05) is 0 Å². The minimum atomic E-state index is -0.621. The molecule has 0 fully saturated rings. The third-order valence-corrected chi connectivity index (χ3v) is 2.38. The lowest BCUT2D eigenvalue weighted by molar-refractivity contribution is -0.127. The number of nitrogens with one attached hydrogen (secondary N) is 1. The number of ether oxygens (including phenoxy) is 2. The van der Waals surface area contributed by atoms with Crippen LogP contribution < -0.4 is 10.1 Å². The molecule has 0 heterocycles. The molecule has 0 saturated heterocycles. The number of carbonyl (C=O) groups excluding carboxylic acids is 2. The van der Waals surface area contributed by atoms with Crippen LogP contribution >= 0.6 is 0 Å². The number of benzene rings is 1. The fourth-order valence-corrected chi connectivity index (χ4v) is 1.36. The fraction of sp³-hybridized carbons (Fsp3) is 0.286. The van der Waals surface area contributed by atoms with E-state index in [4.69, 9.17) is 4.74 Å².